The van der Waals surface area contributed by atoms with Crippen LogP contribution in [0.4, 0.5) is 4.79 Å². The zero-order chi connectivity index (χ0) is 11.7. The number of hydrogen-bond acceptors (Lipinski definition) is 2. The van der Waals surface area contributed by atoms with Crippen LogP contribution in [0.5, 0.6) is 0 Å². The Kier molecular flexibility index (Phi) is 3.23. The first-order chi connectivity index (χ1) is 8.33. The summed E-state index contributed by atoms with van der Waals surface area (Å²) < 4.78 is 0. The van der Waals surface area contributed by atoms with E-state index in [4.69, 9.17) is 0 Å². The molecule has 2 saturated heterocycles. The average Bonchev–Trinajstić information content (AvgIpc) is 2.61. The first kappa shape index (κ1) is 11.3. The minimum atomic E-state index is 0.184. The Balaban J connectivity index is 1.56. The van der Waals surface area contributed by atoms with Gasteiger partial charge in [-0.1, -0.05) is 0 Å². The van der Waals surface area contributed by atoms with Gasteiger partial charge in [0.25, 0.3) is 0 Å². The van der Waals surface area contributed by atoms with Crippen LogP contribution >= 0.6 is 0 Å². The number of carbonyl (C=O) groups is 1. The largest absolute Gasteiger partial charge is 0.335 e. The van der Waals surface area contributed by atoms with Gasteiger partial charge in [0.15, 0.2) is 0 Å². The maximum Gasteiger partial charge on any atom is 0.317 e. The molecule has 1 saturated carbocycles. The van der Waals surface area contributed by atoms with E-state index in [1.54, 1.807) is 0 Å². The molecule has 0 spiro atoms. The third kappa shape index (κ3) is 2.41. The summed E-state index contributed by atoms with van der Waals surface area (Å²) in [7, 11) is 0. The van der Waals surface area contributed by atoms with E-state index < -0.39 is 0 Å². The molecular formula is C13H23N3O. The van der Waals surface area contributed by atoms with Crippen molar-refractivity contribution in [3.05, 3.63) is 0 Å². The number of nitrogens with one attached hydrogen (secondary N) is 1. The zero-order valence-electron chi connectivity index (χ0n) is 10.5. The number of urea groups is 1. The smallest absolute Gasteiger partial charge is 0.317 e. The Bertz CT molecular complexity index is 290. The molecule has 2 heterocycles. The molecule has 0 radical (unpaired) electrons. The van der Waals surface area contributed by atoms with Crippen LogP contribution in [0.2, 0.25) is 0 Å². The van der Waals surface area contributed by atoms with Crippen LogP contribution < -0.4 is 5.32 Å². The lowest BCUT2D eigenvalue weighted by Crippen LogP contribution is -2.49. The van der Waals surface area contributed by atoms with Gasteiger partial charge in [0.1, 0.15) is 0 Å². The summed E-state index contributed by atoms with van der Waals surface area (Å²) in [6, 6.07) is 1.28. The number of carbonyl (C=O) groups excluding carboxylic acids is 1. The molecule has 2 amide bonds. The van der Waals surface area contributed by atoms with Crippen molar-refractivity contribution in [3.8, 4) is 0 Å². The minimum Gasteiger partial charge on any atom is -0.335 e. The Hall–Kier alpha value is -0.770. The Morgan fingerprint density at radius 3 is 2.59 bits per heavy atom. The van der Waals surface area contributed by atoms with Gasteiger partial charge in [-0.3, -0.25) is 4.90 Å². The van der Waals surface area contributed by atoms with Gasteiger partial charge in [-0.2, -0.15) is 0 Å². The molecule has 2 aliphatic heterocycles. The normalized spacial score (nSPS) is 30.6. The quantitative estimate of drug-likeness (QED) is 0.748. The minimum absolute atomic E-state index is 0.184. The molecule has 0 aromatic rings. The second kappa shape index (κ2) is 4.84. The third-order valence-corrected chi connectivity index (χ3v) is 4.52. The van der Waals surface area contributed by atoms with Gasteiger partial charge in [0.2, 0.25) is 0 Å². The zero-order valence-corrected chi connectivity index (χ0v) is 10.5. The average molecular weight is 237 g/mol. The van der Waals surface area contributed by atoms with E-state index in [1.807, 2.05) is 4.90 Å². The van der Waals surface area contributed by atoms with Crippen molar-refractivity contribution in [1.82, 2.24) is 15.1 Å². The van der Waals surface area contributed by atoms with Crippen LogP contribution in [0.15, 0.2) is 0 Å². The maximum atomic E-state index is 12.1. The molecule has 1 N–H and O–H groups in total. The molecule has 0 aromatic carbocycles. The molecule has 4 nitrogen and oxygen atoms in total. The van der Waals surface area contributed by atoms with Crippen LogP contribution in [-0.4, -0.2) is 54.1 Å². The predicted octanol–water partition coefficient (Wildman–Crippen LogP) is 1.42. The van der Waals surface area contributed by atoms with Crippen LogP contribution in [-0.2, 0) is 0 Å². The Morgan fingerprint density at radius 1 is 1.00 bits per heavy atom. The summed E-state index contributed by atoms with van der Waals surface area (Å²) in [5, 5.41) is 3.16. The maximum absolute atomic E-state index is 12.1. The number of rotatable bonds is 1. The first-order valence-corrected chi connectivity index (χ1v) is 7.12. The van der Waals surface area contributed by atoms with Crippen molar-refractivity contribution in [1.29, 1.82) is 0 Å². The number of fused-ring (bicyclic) bond motifs is 1. The Morgan fingerprint density at radius 2 is 1.82 bits per heavy atom. The fraction of sp³-hybridized carbons (Fsp3) is 0.923. The predicted molar refractivity (Wildman–Crippen MR) is 67.0 cm³/mol. The van der Waals surface area contributed by atoms with Gasteiger partial charge in [0, 0.05) is 31.7 Å². The van der Waals surface area contributed by atoms with E-state index in [1.165, 1.54) is 45.2 Å². The molecule has 17 heavy (non-hydrogen) atoms. The lowest BCUT2D eigenvalue weighted by Gasteiger charge is -2.31. The third-order valence-electron chi connectivity index (χ3n) is 4.52. The molecule has 0 bridgehead atoms. The monoisotopic (exact) mass is 237 g/mol. The summed E-state index contributed by atoms with van der Waals surface area (Å²) in [6.07, 6.45) is 7.34. The van der Waals surface area contributed by atoms with E-state index in [0.717, 1.165) is 19.5 Å². The highest BCUT2D eigenvalue weighted by molar-refractivity contribution is 5.74. The van der Waals surface area contributed by atoms with Crippen molar-refractivity contribution in [2.24, 2.45) is 0 Å². The van der Waals surface area contributed by atoms with Crippen molar-refractivity contribution in [2.75, 3.05) is 26.2 Å². The fourth-order valence-corrected chi connectivity index (χ4v) is 3.21. The Labute approximate surface area is 103 Å². The van der Waals surface area contributed by atoms with Crippen LogP contribution in [0.25, 0.3) is 0 Å². The van der Waals surface area contributed by atoms with E-state index in [0.29, 0.717) is 12.1 Å². The highest BCUT2D eigenvalue weighted by Gasteiger charge is 2.31. The summed E-state index contributed by atoms with van der Waals surface area (Å²) >= 11 is 0. The molecule has 3 rings (SSSR count). The second-order valence-electron chi connectivity index (χ2n) is 5.71. The number of nitrogens with zero attached hydrogens (tertiary/aromatic N) is 2. The topological polar surface area (TPSA) is 35.6 Å². The SMILES string of the molecule is O=C(NC1CCC1)N1CCCN2CCCC2C1. The van der Waals surface area contributed by atoms with E-state index in [-0.39, 0.29) is 6.03 Å². The van der Waals surface area contributed by atoms with Gasteiger partial charge in [-0.25, -0.2) is 4.79 Å². The standard InChI is InChI=1S/C13H23N3O/c17-13(14-11-4-1-5-11)16-9-3-8-15-7-2-6-12(15)10-16/h11-12H,1-10H2,(H,14,17). The van der Waals surface area contributed by atoms with Crippen molar-refractivity contribution in [3.63, 3.8) is 0 Å². The summed E-state index contributed by atoms with van der Waals surface area (Å²) in [5.41, 5.74) is 0. The molecule has 96 valence electrons. The van der Waals surface area contributed by atoms with Gasteiger partial charge >= 0.3 is 6.03 Å². The van der Waals surface area contributed by atoms with Crippen molar-refractivity contribution >= 4 is 6.03 Å². The highest BCUT2D eigenvalue weighted by Crippen LogP contribution is 2.22. The highest BCUT2D eigenvalue weighted by atomic mass is 16.2. The molecule has 3 aliphatic rings. The molecule has 3 fully saturated rings. The molecule has 0 aromatic heterocycles. The molecule has 1 aliphatic carbocycles. The number of hydrogen-bond donors (Lipinski definition) is 1. The van der Waals surface area contributed by atoms with Gasteiger partial charge < -0.3 is 10.2 Å². The molecule has 1 atom stereocenters. The molecular weight excluding hydrogens is 214 g/mol. The molecule has 1 unspecified atom stereocenters. The van der Waals surface area contributed by atoms with Crippen LogP contribution in [0.1, 0.15) is 38.5 Å². The van der Waals surface area contributed by atoms with Crippen LogP contribution in [0.3, 0.4) is 0 Å². The summed E-state index contributed by atoms with van der Waals surface area (Å²) in [6.45, 7) is 4.30. The van der Waals surface area contributed by atoms with Gasteiger partial charge in [-0.15, -0.1) is 0 Å². The van der Waals surface area contributed by atoms with Gasteiger partial charge in [0.05, 0.1) is 0 Å². The van der Waals surface area contributed by atoms with E-state index >= 15 is 0 Å². The molecule has 4 heteroatoms. The lowest BCUT2D eigenvalue weighted by atomic mass is 9.93. The van der Waals surface area contributed by atoms with Gasteiger partial charge in [-0.05, 0) is 45.1 Å². The van der Waals surface area contributed by atoms with Crippen molar-refractivity contribution < 1.29 is 4.79 Å². The lowest BCUT2D eigenvalue weighted by molar-refractivity contribution is 0.178. The summed E-state index contributed by atoms with van der Waals surface area (Å²) in [4.78, 5) is 16.8. The van der Waals surface area contributed by atoms with Crippen LogP contribution in [0, 0.1) is 0 Å². The fourth-order valence-electron chi connectivity index (χ4n) is 3.21. The number of amides is 2. The van der Waals surface area contributed by atoms with E-state index in [2.05, 4.69) is 10.2 Å². The van der Waals surface area contributed by atoms with Crippen molar-refractivity contribution in [2.45, 2.75) is 50.6 Å². The summed E-state index contributed by atoms with van der Waals surface area (Å²) in [5.74, 6) is 0. The second-order valence-corrected chi connectivity index (χ2v) is 5.71. The van der Waals surface area contributed by atoms with E-state index in [9.17, 15) is 4.79 Å². The first-order valence-electron chi connectivity index (χ1n) is 7.12.